The largest absolute Gasteiger partial charge is 2.00 e. The van der Waals surface area contributed by atoms with Gasteiger partial charge in [0, 0.05) is 40.5 Å². The molecule has 0 amide bonds. The fraction of sp³-hybridized carbons (Fsp3) is 0.0732. The van der Waals surface area contributed by atoms with Crippen LogP contribution in [0, 0.1) is 32.9 Å². The standard InChI is InChI=1S/C41H28N4O.Pt/c1-25-20-26(2)40(27(3)21-25)35-24-44-36-12-6-4-10-31(36)30-17-15-28(22-34(30)41(44)43-35)46-29-16-18-33-32-11-5-7-13-37(32)45(38(33)23-29)39-14-8-9-19-42-39;/h4-21,24H,1-3H3;/q-2;+2. The molecule has 0 atom stereocenters. The molecule has 47 heavy (non-hydrogen) atoms. The first kappa shape index (κ1) is 29.2. The van der Waals surface area contributed by atoms with Crippen LogP contribution in [0.1, 0.15) is 16.7 Å². The van der Waals surface area contributed by atoms with Gasteiger partial charge in [-0.1, -0.05) is 82.5 Å². The second kappa shape index (κ2) is 11.2. The summed E-state index contributed by atoms with van der Waals surface area (Å²) in [6.45, 7) is 6.46. The number of benzene rings is 5. The zero-order valence-electron chi connectivity index (χ0n) is 26.0. The molecule has 0 fully saturated rings. The van der Waals surface area contributed by atoms with Crippen molar-refractivity contribution in [3.05, 3.63) is 144 Å². The molecule has 9 aromatic rings. The van der Waals surface area contributed by atoms with Crippen molar-refractivity contribution in [2.45, 2.75) is 20.8 Å². The number of ether oxygens (including phenoxy) is 1. The van der Waals surface area contributed by atoms with E-state index in [1.54, 1.807) is 0 Å². The van der Waals surface area contributed by atoms with Gasteiger partial charge in [-0.15, -0.1) is 29.7 Å². The van der Waals surface area contributed by atoms with Gasteiger partial charge in [-0.2, -0.15) is 6.07 Å². The summed E-state index contributed by atoms with van der Waals surface area (Å²) >= 11 is 0. The molecule has 0 aliphatic carbocycles. The number of pyridine rings is 2. The first-order chi connectivity index (χ1) is 22.5. The Hall–Kier alpha value is -5.25. The van der Waals surface area contributed by atoms with Crippen LogP contribution < -0.4 is 4.74 Å². The Balaban J connectivity index is 0.00000324. The van der Waals surface area contributed by atoms with E-state index in [1.807, 2.05) is 36.5 Å². The van der Waals surface area contributed by atoms with Crippen molar-refractivity contribution in [2.24, 2.45) is 0 Å². The molecular weight excluding hydrogens is 760 g/mol. The summed E-state index contributed by atoms with van der Waals surface area (Å²) in [6, 6.07) is 42.5. The Morgan fingerprint density at radius 1 is 0.660 bits per heavy atom. The van der Waals surface area contributed by atoms with E-state index < -0.39 is 0 Å². The second-order valence-corrected chi connectivity index (χ2v) is 11.9. The molecule has 0 spiro atoms. The van der Waals surface area contributed by atoms with Gasteiger partial charge in [0.15, 0.2) is 0 Å². The zero-order chi connectivity index (χ0) is 30.9. The van der Waals surface area contributed by atoms with Gasteiger partial charge in [0.1, 0.15) is 5.82 Å². The van der Waals surface area contributed by atoms with Gasteiger partial charge in [-0.25, -0.2) is 4.98 Å². The number of hydrogen-bond donors (Lipinski definition) is 0. The molecule has 0 N–H and O–H groups in total. The molecule has 0 saturated heterocycles. The first-order valence-electron chi connectivity index (χ1n) is 15.4. The first-order valence-corrected chi connectivity index (χ1v) is 15.4. The number of aromatic nitrogens is 4. The minimum atomic E-state index is 0. The molecule has 0 radical (unpaired) electrons. The van der Waals surface area contributed by atoms with Crippen LogP contribution in [0.15, 0.2) is 116 Å². The van der Waals surface area contributed by atoms with E-state index in [9.17, 15) is 0 Å². The Bertz CT molecular complexity index is 2630. The van der Waals surface area contributed by atoms with Crippen molar-refractivity contribution in [1.82, 2.24) is 18.9 Å². The third-order valence-corrected chi connectivity index (χ3v) is 8.89. The number of rotatable bonds is 4. The van der Waals surface area contributed by atoms with Crippen molar-refractivity contribution in [1.29, 1.82) is 0 Å². The fourth-order valence-corrected chi connectivity index (χ4v) is 7.07. The predicted octanol–water partition coefficient (Wildman–Crippen LogP) is 10.1. The maximum Gasteiger partial charge on any atom is 2.00 e. The van der Waals surface area contributed by atoms with E-state index in [0.717, 1.165) is 60.6 Å². The van der Waals surface area contributed by atoms with Crippen LogP contribution in [0.5, 0.6) is 11.5 Å². The number of nitrogens with zero attached hydrogens (tertiary/aromatic N) is 4. The normalized spacial score (nSPS) is 11.6. The fourth-order valence-electron chi connectivity index (χ4n) is 7.07. The Morgan fingerprint density at radius 2 is 1.32 bits per heavy atom. The van der Waals surface area contributed by atoms with E-state index >= 15 is 0 Å². The van der Waals surface area contributed by atoms with Crippen LogP contribution in [0.3, 0.4) is 0 Å². The maximum absolute atomic E-state index is 6.50. The number of fused-ring (bicyclic) bond motifs is 9. The summed E-state index contributed by atoms with van der Waals surface area (Å²) in [5, 5.41) is 5.37. The average Bonchev–Trinajstić information content (AvgIpc) is 3.65. The van der Waals surface area contributed by atoms with Crippen LogP contribution in [-0.4, -0.2) is 18.9 Å². The Morgan fingerprint density at radius 3 is 2.06 bits per heavy atom. The maximum atomic E-state index is 6.50. The monoisotopic (exact) mass is 787 g/mol. The zero-order valence-corrected chi connectivity index (χ0v) is 28.3. The summed E-state index contributed by atoms with van der Waals surface area (Å²) in [7, 11) is 0. The van der Waals surface area contributed by atoms with E-state index in [-0.39, 0.29) is 21.1 Å². The van der Waals surface area contributed by atoms with Crippen molar-refractivity contribution < 1.29 is 25.8 Å². The van der Waals surface area contributed by atoms with Gasteiger partial charge < -0.3 is 13.7 Å². The molecule has 6 heteroatoms. The molecule has 4 heterocycles. The predicted molar refractivity (Wildman–Crippen MR) is 186 cm³/mol. The van der Waals surface area contributed by atoms with Crippen LogP contribution in [0.2, 0.25) is 0 Å². The van der Waals surface area contributed by atoms with Crippen molar-refractivity contribution in [3.8, 4) is 28.6 Å². The topological polar surface area (TPSA) is 44.4 Å². The molecule has 0 aliphatic heterocycles. The minimum Gasteiger partial charge on any atom is -0.503 e. The van der Waals surface area contributed by atoms with Gasteiger partial charge in [-0.3, -0.25) is 4.98 Å². The Labute approximate surface area is 286 Å². The van der Waals surface area contributed by atoms with E-state index in [0.29, 0.717) is 11.5 Å². The van der Waals surface area contributed by atoms with E-state index in [2.05, 4.69) is 126 Å². The van der Waals surface area contributed by atoms with Gasteiger partial charge in [-0.05, 0) is 66.9 Å². The SMILES string of the molecule is Cc1cc(C)c(-c2cn3c4ccccc4c4ccc(Oc5[c-]c6c(cc5)c5ccccc5n6-c5ccccn5)[c-]c4c3n2)c(C)c1.[Pt+2]. The summed E-state index contributed by atoms with van der Waals surface area (Å²) in [5.74, 6) is 2.05. The Kier molecular flexibility index (Phi) is 6.96. The van der Waals surface area contributed by atoms with Crippen LogP contribution in [0.25, 0.3) is 66.2 Å². The molecule has 9 rings (SSSR count). The van der Waals surface area contributed by atoms with Crippen molar-refractivity contribution >= 4 is 49.1 Å². The number of imidazole rings is 1. The molecule has 0 aliphatic rings. The molecular formula is C41H28N4OPt. The van der Waals surface area contributed by atoms with E-state index in [1.165, 1.54) is 22.3 Å². The van der Waals surface area contributed by atoms with E-state index in [4.69, 9.17) is 9.72 Å². The average molecular weight is 788 g/mol. The van der Waals surface area contributed by atoms with Crippen molar-refractivity contribution in [3.63, 3.8) is 0 Å². The molecule has 0 saturated carbocycles. The molecule has 5 nitrogen and oxygen atoms in total. The summed E-state index contributed by atoms with van der Waals surface area (Å²) in [5.41, 5.74) is 9.76. The minimum absolute atomic E-state index is 0. The summed E-state index contributed by atoms with van der Waals surface area (Å²) < 4.78 is 10.8. The molecule has 4 aromatic heterocycles. The van der Waals surface area contributed by atoms with Gasteiger partial charge in [0.05, 0.1) is 11.3 Å². The number of aryl methyl sites for hydroxylation is 3. The van der Waals surface area contributed by atoms with Crippen LogP contribution in [-0.2, 0) is 21.1 Å². The van der Waals surface area contributed by atoms with Crippen LogP contribution >= 0.6 is 0 Å². The third kappa shape index (κ3) is 4.65. The third-order valence-electron chi connectivity index (χ3n) is 8.89. The quantitative estimate of drug-likeness (QED) is 0.132. The van der Waals surface area contributed by atoms with Gasteiger partial charge >= 0.3 is 21.1 Å². The van der Waals surface area contributed by atoms with Crippen molar-refractivity contribution in [2.75, 3.05) is 0 Å². The number of hydrogen-bond acceptors (Lipinski definition) is 3. The van der Waals surface area contributed by atoms with Crippen LogP contribution in [0.4, 0.5) is 0 Å². The van der Waals surface area contributed by atoms with Gasteiger partial charge in [0.2, 0.25) is 0 Å². The molecule has 228 valence electrons. The smallest absolute Gasteiger partial charge is 0.503 e. The second-order valence-electron chi connectivity index (χ2n) is 11.9. The molecule has 0 bridgehead atoms. The molecule has 5 aromatic carbocycles. The molecule has 0 unspecified atom stereocenters. The number of para-hydroxylation sites is 2. The summed E-state index contributed by atoms with van der Waals surface area (Å²) in [6.07, 6.45) is 3.97. The van der Waals surface area contributed by atoms with Gasteiger partial charge in [0.25, 0.3) is 0 Å². The summed E-state index contributed by atoms with van der Waals surface area (Å²) in [4.78, 5) is 9.88.